The van der Waals surface area contributed by atoms with E-state index in [4.69, 9.17) is 0 Å². The van der Waals surface area contributed by atoms with E-state index in [2.05, 4.69) is 0 Å². The predicted molar refractivity (Wildman–Crippen MR) is 50.4 cm³/mol. The van der Waals surface area contributed by atoms with Crippen LogP contribution in [0.3, 0.4) is 0 Å². The van der Waals surface area contributed by atoms with Gasteiger partial charge in [-0.1, -0.05) is 0 Å². The fraction of sp³-hybridized carbons (Fsp3) is 1.00. The van der Waals surface area contributed by atoms with Crippen molar-refractivity contribution in [3.05, 3.63) is 0 Å². The van der Waals surface area contributed by atoms with Crippen LogP contribution in [0, 0.1) is 0 Å². The van der Waals surface area contributed by atoms with Gasteiger partial charge in [0.25, 0.3) is 0 Å². The van der Waals surface area contributed by atoms with E-state index in [1.54, 1.807) is 0 Å². The zero-order valence-electron chi connectivity index (χ0n) is 12.1. The van der Waals surface area contributed by atoms with Crippen LogP contribution in [-0.2, 0) is 10.1 Å². The van der Waals surface area contributed by atoms with Crippen LogP contribution < -0.4 is 0 Å². The number of halogens is 17. The summed E-state index contributed by atoms with van der Waals surface area (Å²) < 4.78 is 247. The summed E-state index contributed by atoms with van der Waals surface area (Å²) in [6, 6.07) is 0. The van der Waals surface area contributed by atoms with E-state index in [9.17, 15) is 87.6 Å². The largest absolute Gasteiger partial charge is 0.745 e. The van der Waals surface area contributed by atoms with Gasteiger partial charge in [0.15, 0.2) is 0 Å². The highest BCUT2D eigenvalue weighted by Gasteiger charge is 2.99. The van der Waals surface area contributed by atoms with E-state index in [1.165, 1.54) is 0 Å². The molecule has 29 heavy (non-hydrogen) atoms. The van der Waals surface area contributed by atoms with Crippen molar-refractivity contribution in [2.45, 2.75) is 47.0 Å². The van der Waals surface area contributed by atoms with E-state index in [-0.39, 0.29) is 0 Å². The summed E-state index contributed by atoms with van der Waals surface area (Å²) in [7, 11) is -8.81. The monoisotopic (exact) mass is 499 g/mol. The first kappa shape index (κ1) is 27.7. The van der Waals surface area contributed by atoms with Gasteiger partial charge in [-0.25, -0.2) is 17.2 Å². The molecule has 3 nitrogen and oxygen atoms in total. The fourth-order valence-corrected chi connectivity index (χ4v) is 2.42. The third kappa shape index (κ3) is 3.26. The van der Waals surface area contributed by atoms with Gasteiger partial charge in [-0.2, -0.15) is 65.9 Å². The first-order valence-electron chi connectivity index (χ1n) is 5.67. The molecule has 1 atom stereocenters. The van der Waals surface area contributed by atoms with E-state index in [0.717, 1.165) is 0 Å². The molecule has 0 rings (SSSR count). The van der Waals surface area contributed by atoms with Gasteiger partial charge in [-0.05, 0) is 0 Å². The Morgan fingerprint density at radius 3 is 0.828 bits per heavy atom. The lowest BCUT2D eigenvalue weighted by atomic mass is 9.80. The van der Waals surface area contributed by atoms with Gasteiger partial charge < -0.3 is 4.55 Å². The summed E-state index contributed by atoms with van der Waals surface area (Å²) in [6.45, 7) is 0. The maximum absolute atomic E-state index is 13.8. The Bertz CT molecular complexity index is 701. The van der Waals surface area contributed by atoms with E-state index in [0.29, 0.717) is 0 Å². The SMILES string of the molecule is O=S(=O)([O-])C(F)(C(F)(F)F)C(F)(F)C(F)(C(F)(F)C(F)(F)F)C(F)(F)C(F)(F)F. The Kier molecular flexibility index (Phi) is 6.08. The number of hydrogen-bond donors (Lipinski definition) is 0. The van der Waals surface area contributed by atoms with Gasteiger partial charge in [0.1, 0.15) is 10.1 Å². The third-order valence-electron chi connectivity index (χ3n) is 3.12. The van der Waals surface area contributed by atoms with Crippen molar-refractivity contribution in [1.29, 1.82) is 0 Å². The van der Waals surface area contributed by atoms with E-state index >= 15 is 0 Å². The van der Waals surface area contributed by atoms with Gasteiger partial charge in [-0.15, -0.1) is 0 Å². The average molecular weight is 499 g/mol. The lowest BCUT2D eigenvalue weighted by molar-refractivity contribution is -0.457. The molecule has 0 bridgehead atoms. The van der Waals surface area contributed by atoms with Crippen molar-refractivity contribution in [3.8, 4) is 0 Å². The van der Waals surface area contributed by atoms with Gasteiger partial charge in [0.2, 0.25) is 0 Å². The van der Waals surface area contributed by atoms with Crippen LogP contribution in [0.4, 0.5) is 74.6 Å². The van der Waals surface area contributed by atoms with E-state index in [1.807, 2.05) is 0 Å². The second-order valence-corrected chi connectivity index (χ2v) is 6.40. The first-order chi connectivity index (χ1) is 12.0. The molecule has 0 spiro atoms. The molecule has 21 heteroatoms. The fourth-order valence-electron chi connectivity index (χ4n) is 1.68. The first-order valence-corrected chi connectivity index (χ1v) is 7.08. The molecule has 0 amide bonds. The number of hydrogen-bond acceptors (Lipinski definition) is 3. The van der Waals surface area contributed by atoms with Gasteiger partial charge >= 0.3 is 47.0 Å². The van der Waals surface area contributed by atoms with Crippen molar-refractivity contribution < 1.29 is 87.6 Å². The van der Waals surface area contributed by atoms with Crippen molar-refractivity contribution in [2.75, 3.05) is 0 Å². The highest BCUT2D eigenvalue weighted by Crippen LogP contribution is 2.67. The average Bonchev–Trinajstić information content (AvgIpc) is 2.39. The second-order valence-electron chi connectivity index (χ2n) is 4.92. The van der Waals surface area contributed by atoms with E-state index < -0.39 is 57.1 Å². The third-order valence-corrected chi connectivity index (χ3v) is 4.30. The molecule has 176 valence electrons. The minimum atomic E-state index is -9.37. The Labute approximate surface area is 146 Å². The smallest absolute Gasteiger partial charge is 0.457 e. The molecule has 0 saturated carbocycles. The molecule has 0 saturated heterocycles. The summed E-state index contributed by atoms with van der Waals surface area (Å²) in [5.41, 5.74) is -9.37. The number of rotatable bonds is 5. The molecular formula is C8F17O3S-. The summed E-state index contributed by atoms with van der Waals surface area (Å²) >= 11 is 0. The predicted octanol–water partition coefficient (Wildman–Crippen LogP) is 4.50. The quantitative estimate of drug-likeness (QED) is 0.414. The molecule has 0 N–H and O–H groups in total. The lowest BCUT2D eigenvalue weighted by Crippen LogP contribution is -2.81. The molecule has 0 aliphatic rings. The summed E-state index contributed by atoms with van der Waals surface area (Å²) in [5, 5.41) is -8.65. The van der Waals surface area contributed by atoms with Gasteiger partial charge in [-0.3, -0.25) is 0 Å². The summed E-state index contributed by atoms with van der Waals surface area (Å²) in [4.78, 5) is 0. The zero-order chi connectivity index (χ0) is 24.5. The zero-order valence-corrected chi connectivity index (χ0v) is 12.9. The topological polar surface area (TPSA) is 57.2 Å². The molecule has 0 aliphatic carbocycles. The molecular weight excluding hydrogens is 499 g/mol. The van der Waals surface area contributed by atoms with Crippen LogP contribution >= 0.6 is 0 Å². The summed E-state index contributed by atoms with van der Waals surface area (Å²) in [5.74, 6) is -27.1. The minimum Gasteiger partial charge on any atom is -0.745 e. The van der Waals surface area contributed by atoms with Crippen LogP contribution in [0.1, 0.15) is 0 Å². The number of alkyl halides is 17. The van der Waals surface area contributed by atoms with Crippen LogP contribution in [0.5, 0.6) is 0 Å². The maximum atomic E-state index is 13.8. The molecule has 0 aromatic carbocycles. The van der Waals surface area contributed by atoms with Crippen molar-refractivity contribution >= 4 is 10.1 Å². The highest BCUT2D eigenvalue weighted by atomic mass is 32.2. The van der Waals surface area contributed by atoms with Crippen LogP contribution in [0.25, 0.3) is 0 Å². The lowest BCUT2D eigenvalue weighted by Gasteiger charge is -2.48. The summed E-state index contributed by atoms with van der Waals surface area (Å²) in [6.07, 6.45) is -24.9. The normalized spacial score (nSPS) is 18.6. The molecule has 0 aromatic heterocycles. The second kappa shape index (κ2) is 6.36. The Morgan fingerprint density at radius 2 is 0.690 bits per heavy atom. The Morgan fingerprint density at radius 1 is 0.448 bits per heavy atom. The van der Waals surface area contributed by atoms with Crippen molar-refractivity contribution in [1.82, 2.24) is 0 Å². The standard InChI is InChI=1S/C8HF17O3S/c9-1(3(12,13)6(17,18)19,4(14,15)7(20,21)22)2(10,11)5(16,8(23,24)25)29(26,27)28/h(H,26,27,28)/p-1. The van der Waals surface area contributed by atoms with Crippen LogP contribution in [0.15, 0.2) is 0 Å². The minimum absolute atomic E-state index is 8.29. The van der Waals surface area contributed by atoms with Crippen LogP contribution in [-0.4, -0.2) is 59.9 Å². The van der Waals surface area contributed by atoms with Crippen LogP contribution in [0.2, 0.25) is 0 Å². The van der Waals surface area contributed by atoms with Crippen molar-refractivity contribution in [3.63, 3.8) is 0 Å². The molecule has 1 unspecified atom stereocenters. The molecule has 0 aromatic rings. The Balaban J connectivity index is 7.85. The van der Waals surface area contributed by atoms with Gasteiger partial charge in [0, 0.05) is 0 Å². The van der Waals surface area contributed by atoms with Gasteiger partial charge in [0.05, 0.1) is 0 Å². The highest BCUT2D eigenvalue weighted by molar-refractivity contribution is 7.87. The molecule has 0 fully saturated rings. The maximum Gasteiger partial charge on any atom is 0.457 e. The van der Waals surface area contributed by atoms with Crippen molar-refractivity contribution in [2.24, 2.45) is 0 Å². The molecule has 0 heterocycles. The molecule has 0 radical (unpaired) electrons. The Hall–Kier alpha value is -1.28. The molecule has 0 aliphatic heterocycles.